The van der Waals surface area contributed by atoms with Crippen molar-refractivity contribution in [2.75, 3.05) is 18.9 Å². The van der Waals surface area contributed by atoms with Gasteiger partial charge in [-0.1, -0.05) is 17.4 Å². The maximum absolute atomic E-state index is 4.17. The van der Waals surface area contributed by atoms with Crippen molar-refractivity contribution in [3.05, 3.63) is 27.4 Å². The highest BCUT2D eigenvalue weighted by Crippen LogP contribution is 2.18. The van der Waals surface area contributed by atoms with Crippen LogP contribution in [0.5, 0.6) is 0 Å². The van der Waals surface area contributed by atoms with Crippen LogP contribution in [0.3, 0.4) is 0 Å². The largest absolute Gasteiger partial charge is 0.360 e. The number of aromatic nitrogens is 2. The third kappa shape index (κ3) is 3.76. The molecule has 0 aromatic carbocycles. The molecule has 0 aliphatic carbocycles. The number of anilines is 1. The third-order valence-electron chi connectivity index (χ3n) is 2.21. The first kappa shape index (κ1) is 12.5. The zero-order valence-electron chi connectivity index (χ0n) is 10.0. The molecule has 0 atom stereocenters. The lowest BCUT2D eigenvalue weighted by atomic mass is 10.4. The molecule has 0 spiro atoms. The molecule has 0 saturated carbocycles. The van der Waals surface area contributed by atoms with Gasteiger partial charge in [-0.2, -0.15) is 0 Å². The van der Waals surface area contributed by atoms with E-state index in [1.54, 1.807) is 22.7 Å². The Morgan fingerprint density at radius 3 is 2.94 bits per heavy atom. The minimum Gasteiger partial charge on any atom is -0.360 e. The van der Waals surface area contributed by atoms with Crippen molar-refractivity contribution in [1.82, 2.24) is 15.1 Å². The van der Waals surface area contributed by atoms with E-state index in [9.17, 15) is 0 Å². The van der Waals surface area contributed by atoms with Crippen molar-refractivity contribution >= 4 is 27.8 Å². The summed E-state index contributed by atoms with van der Waals surface area (Å²) in [4.78, 5) is 3.63. The second kappa shape index (κ2) is 6.09. The van der Waals surface area contributed by atoms with E-state index in [0.717, 1.165) is 29.8 Å². The summed E-state index contributed by atoms with van der Waals surface area (Å²) in [6.07, 6.45) is 0. The quantitative estimate of drug-likeness (QED) is 0.874. The van der Waals surface area contributed by atoms with E-state index in [1.165, 1.54) is 4.88 Å². The van der Waals surface area contributed by atoms with Gasteiger partial charge in [0.1, 0.15) is 5.01 Å². The summed E-state index contributed by atoms with van der Waals surface area (Å²) in [7, 11) is 2.11. The average molecular weight is 268 g/mol. The van der Waals surface area contributed by atoms with Gasteiger partial charge in [0, 0.05) is 18.0 Å². The van der Waals surface area contributed by atoms with Gasteiger partial charge in [0.2, 0.25) is 5.13 Å². The molecule has 2 rings (SSSR count). The number of nitrogens with zero attached hydrogens (tertiary/aromatic N) is 3. The number of hydrogen-bond donors (Lipinski definition) is 1. The fourth-order valence-electron chi connectivity index (χ4n) is 1.50. The molecule has 1 N–H and O–H groups in total. The number of nitrogens with one attached hydrogen (secondary N) is 1. The van der Waals surface area contributed by atoms with Crippen LogP contribution in [0.4, 0.5) is 5.13 Å². The average Bonchev–Trinajstić information content (AvgIpc) is 2.91. The van der Waals surface area contributed by atoms with Gasteiger partial charge in [-0.3, -0.25) is 4.90 Å². The number of hydrogen-bond acceptors (Lipinski definition) is 6. The molecule has 0 aliphatic rings. The van der Waals surface area contributed by atoms with Crippen LogP contribution in [0.15, 0.2) is 17.5 Å². The lowest BCUT2D eigenvalue weighted by Crippen LogP contribution is -2.16. The first-order chi connectivity index (χ1) is 8.28. The predicted molar refractivity (Wildman–Crippen MR) is 73.6 cm³/mol. The molecule has 0 unspecified atom stereocenters. The van der Waals surface area contributed by atoms with Gasteiger partial charge in [-0.15, -0.1) is 21.5 Å². The van der Waals surface area contributed by atoms with E-state index in [1.807, 2.05) is 0 Å². The van der Waals surface area contributed by atoms with Gasteiger partial charge in [0.05, 0.1) is 6.54 Å². The zero-order valence-corrected chi connectivity index (χ0v) is 11.6. The van der Waals surface area contributed by atoms with Gasteiger partial charge < -0.3 is 5.32 Å². The number of rotatable bonds is 6. The Morgan fingerprint density at radius 2 is 2.24 bits per heavy atom. The van der Waals surface area contributed by atoms with E-state index in [2.05, 4.69) is 51.9 Å². The molecule has 0 amide bonds. The van der Waals surface area contributed by atoms with Crippen LogP contribution in [0.1, 0.15) is 16.8 Å². The Bertz CT molecular complexity index is 438. The molecule has 92 valence electrons. The summed E-state index contributed by atoms with van der Waals surface area (Å²) in [5, 5.41) is 15.5. The monoisotopic (exact) mass is 268 g/mol. The molecule has 17 heavy (non-hydrogen) atoms. The first-order valence-corrected chi connectivity index (χ1v) is 7.24. The van der Waals surface area contributed by atoms with Crippen molar-refractivity contribution in [2.24, 2.45) is 0 Å². The summed E-state index contributed by atoms with van der Waals surface area (Å²) < 4.78 is 0. The molecular formula is C11H16N4S2. The standard InChI is InChI=1S/C11H16N4S2/c1-3-12-11-14-13-10(17-11)8-15(2)7-9-5-4-6-16-9/h4-6H,3,7-8H2,1-2H3,(H,12,14). The van der Waals surface area contributed by atoms with Gasteiger partial charge in [-0.05, 0) is 25.4 Å². The van der Waals surface area contributed by atoms with Crippen LogP contribution in [0.2, 0.25) is 0 Å². The predicted octanol–water partition coefficient (Wildman–Crippen LogP) is 2.66. The lowest BCUT2D eigenvalue weighted by molar-refractivity contribution is 0.320. The van der Waals surface area contributed by atoms with Gasteiger partial charge in [-0.25, -0.2) is 0 Å². The van der Waals surface area contributed by atoms with Crippen molar-refractivity contribution in [2.45, 2.75) is 20.0 Å². The van der Waals surface area contributed by atoms with Crippen molar-refractivity contribution in [1.29, 1.82) is 0 Å². The Balaban J connectivity index is 1.86. The Labute approximate surface area is 109 Å². The second-order valence-corrected chi connectivity index (χ2v) is 5.88. The highest BCUT2D eigenvalue weighted by Gasteiger charge is 2.07. The van der Waals surface area contributed by atoms with Gasteiger partial charge in [0.15, 0.2) is 0 Å². The fraction of sp³-hybridized carbons (Fsp3) is 0.455. The minimum absolute atomic E-state index is 0.848. The number of thiophene rings is 1. The SMILES string of the molecule is CCNc1nnc(CN(C)Cc2cccs2)s1. The minimum atomic E-state index is 0.848. The van der Waals surface area contributed by atoms with Crippen LogP contribution >= 0.6 is 22.7 Å². The maximum Gasteiger partial charge on any atom is 0.205 e. The Morgan fingerprint density at radius 1 is 1.35 bits per heavy atom. The summed E-state index contributed by atoms with van der Waals surface area (Å²) >= 11 is 3.42. The van der Waals surface area contributed by atoms with Gasteiger partial charge in [0.25, 0.3) is 0 Å². The maximum atomic E-state index is 4.17. The first-order valence-electron chi connectivity index (χ1n) is 5.55. The zero-order chi connectivity index (χ0) is 12.1. The third-order valence-corrected chi connectivity index (χ3v) is 3.93. The lowest BCUT2D eigenvalue weighted by Gasteiger charge is -2.12. The topological polar surface area (TPSA) is 41.1 Å². The Kier molecular flexibility index (Phi) is 4.47. The fourth-order valence-corrected chi connectivity index (χ4v) is 3.17. The summed E-state index contributed by atoms with van der Waals surface area (Å²) in [5.41, 5.74) is 0. The molecule has 2 heterocycles. The normalized spacial score (nSPS) is 11.0. The van der Waals surface area contributed by atoms with E-state index in [-0.39, 0.29) is 0 Å². The van der Waals surface area contributed by atoms with Crippen LogP contribution in [-0.2, 0) is 13.1 Å². The van der Waals surface area contributed by atoms with Crippen LogP contribution in [0.25, 0.3) is 0 Å². The van der Waals surface area contributed by atoms with Crippen LogP contribution in [0, 0.1) is 0 Å². The molecule has 0 radical (unpaired) electrons. The molecule has 0 fully saturated rings. The molecule has 4 nitrogen and oxygen atoms in total. The highest BCUT2D eigenvalue weighted by molar-refractivity contribution is 7.15. The van der Waals surface area contributed by atoms with Crippen molar-refractivity contribution < 1.29 is 0 Å². The molecule has 0 aliphatic heterocycles. The molecular weight excluding hydrogens is 252 g/mol. The molecule has 6 heteroatoms. The van der Waals surface area contributed by atoms with E-state index >= 15 is 0 Å². The highest BCUT2D eigenvalue weighted by atomic mass is 32.1. The van der Waals surface area contributed by atoms with Crippen LogP contribution < -0.4 is 5.32 Å². The van der Waals surface area contributed by atoms with Crippen molar-refractivity contribution in [3.8, 4) is 0 Å². The summed E-state index contributed by atoms with van der Waals surface area (Å²) in [6, 6.07) is 4.24. The van der Waals surface area contributed by atoms with Crippen LogP contribution in [-0.4, -0.2) is 28.7 Å². The second-order valence-electron chi connectivity index (χ2n) is 3.78. The van der Waals surface area contributed by atoms with E-state index in [0.29, 0.717) is 0 Å². The molecule has 2 aromatic rings. The summed E-state index contributed by atoms with van der Waals surface area (Å²) in [5.74, 6) is 0. The molecule has 0 bridgehead atoms. The van der Waals surface area contributed by atoms with E-state index in [4.69, 9.17) is 0 Å². The smallest absolute Gasteiger partial charge is 0.205 e. The van der Waals surface area contributed by atoms with Gasteiger partial charge >= 0.3 is 0 Å². The molecule has 0 saturated heterocycles. The Hall–Kier alpha value is -0.980. The van der Waals surface area contributed by atoms with E-state index < -0.39 is 0 Å². The van der Waals surface area contributed by atoms with Crippen molar-refractivity contribution in [3.63, 3.8) is 0 Å². The molecule has 2 aromatic heterocycles. The summed E-state index contributed by atoms with van der Waals surface area (Å²) in [6.45, 7) is 4.76.